The summed E-state index contributed by atoms with van der Waals surface area (Å²) in [6.45, 7) is 0. The molecule has 0 spiro atoms. The van der Waals surface area contributed by atoms with Crippen LogP contribution < -0.4 is 0 Å². The molecule has 4 rings (SSSR count). The highest BCUT2D eigenvalue weighted by Crippen LogP contribution is 2.28. The number of hydrogen-bond acceptors (Lipinski definition) is 5. The smallest absolute Gasteiger partial charge is 0.277 e. The van der Waals surface area contributed by atoms with Crippen LogP contribution in [-0.4, -0.2) is 15.2 Å². The van der Waals surface area contributed by atoms with Crippen LogP contribution in [0.3, 0.4) is 0 Å². The Balaban J connectivity index is 1.54. The number of fused-ring (bicyclic) bond motifs is 1. The van der Waals surface area contributed by atoms with Gasteiger partial charge < -0.3 is 4.42 Å². The number of nitrogens with zero attached hydrogens (tertiary/aromatic N) is 3. The van der Waals surface area contributed by atoms with Crippen molar-refractivity contribution in [3.63, 3.8) is 0 Å². The fraction of sp³-hybridized carbons (Fsp3) is 0.0556. The van der Waals surface area contributed by atoms with Crippen molar-refractivity contribution in [3.8, 4) is 11.5 Å². The first-order valence-electron chi connectivity index (χ1n) is 7.34. The second kappa shape index (κ2) is 6.63. The number of halogens is 1. The van der Waals surface area contributed by atoms with Crippen LogP contribution in [0.2, 0.25) is 5.02 Å². The third-order valence-corrected chi connectivity index (χ3v) is 4.65. The molecule has 2 heterocycles. The van der Waals surface area contributed by atoms with E-state index in [0.29, 0.717) is 21.9 Å². The third kappa shape index (κ3) is 3.13. The molecule has 4 nitrogen and oxygen atoms in total. The predicted octanol–water partition coefficient (Wildman–Crippen LogP) is 5.23. The number of pyridine rings is 1. The minimum atomic E-state index is 0.469. The van der Waals surface area contributed by atoms with Crippen molar-refractivity contribution >= 4 is 34.3 Å². The zero-order valence-electron chi connectivity index (χ0n) is 12.5. The maximum atomic E-state index is 6.00. The molecule has 0 aliphatic carbocycles. The Morgan fingerprint density at radius 1 is 1.00 bits per heavy atom. The Kier molecular flexibility index (Phi) is 4.19. The van der Waals surface area contributed by atoms with Gasteiger partial charge in [-0.15, -0.1) is 10.2 Å². The molecular formula is C18H12ClN3OS. The Morgan fingerprint density at radius 2 is 1.88 bits per heavy atom. The van der Waals surface area contributed by atoms with Crippen molar-refractivity contribution in [2.24, 2.45) is 0 Å². The fourth-order valence-electron chi connectivity index (χ4n) is 2.43. The number of thioether (sulfide) groups is 1. The number of hydrogen-bond donors (Lipinski definition) is 0. The van der Waals surface area contributed by atoms with Crippen molar-refractivity contribution in [3.05, 3.63) is 71.4 Å². The molecule has 0 aliphatic rings. The van der Waals surface area contributed by atoms with Crippen LogP contribution in [0.5, 0.6) is 0 Å². The van der Waals surface area contributed by atoms with Crippen LogP contribution >= 0.6 is 23.4 Å². The molecule has 4 aromatic rings. The summed E-state index contributed by atoms with van der Waals surface area (Å²) >= 11 is 7.49. The largest absolute Gasteiger partial charge is 0.411 e. The summed E-state index contributed by atoms with van der Waals surface area (Å²) in [5, 5.41) is 10.5. The first-order chi connectivity index (χ1) is 11.8. The minimum Gasteiger partial charge on any atom is -0.411 e. The summed E-state index contributed by atoms with van der Waals surface area (Å²) in [6.07, 6.45) is 1.81. The van der Waals surface area contributed by atoms with Crippen LogP contribution in [0.15, 0.2) is 70.4 Å². The van der Waals surface area contributed by atoms with E-state index in [9.17, 15) is 0 Å². The van der Waals surface area contributed by atoms with Crippen LogP contribution in [-0.2, 0) is 5.75 Å². The zero-order valence-corrected chi connectivity index (χ0v) is 14.1. The fourth-order valence-corrected chi connectivity index (χ4v) is 3.37. The number of para-hydroxylation sites is 1. The van der Waals surface area contributed by atoms with Crippen LogP contribution in [0.25, 0.3) is 22.4 Å². The number of aromatic nitrogens is 3. The summed E-state index contributed by atoms with van der Waals surface area (Å²) in [5.74, 6) is 1.18. The molecule has 0 unspecified atom stereocenters. The van der Waals surface area contributed by atoms with Gasteiger partial charge in [-0.25, -0.2) is 0 Å². The third-order valence-electron chi connectivity index (χ3n) is 3.55. The highest BCUT2D eigenvalue weighted by Gasteiger charge is 2.10. The van der Waals surface area contributed by atoms with Gasteiger partial charge in [0, 0.05) is 27.9 Å². The second-order valence-corrected chi connectivity index (χ2v) is 6.53. The summed E-state index contributed by atoms with van der Waals surface area (Å²) in [7, 11) is 0. The molecule has 2 aromatic carbocycles. The molecule has 0 atom stereocenters. The molecule has 0 saturated carbocycles. The van der Waals surface area contributed by atoms with E-state index in [-0.39, 0.29) is 0 Å². The molecule has 0 fully saturated rings. The van der Waals surface area contributed by atoms with E-state index < -0.39 is 0 Å². The molecule has 118 valence electrons. The monoisotopic (exact) mass is 353 g/mol. The van der Waals surface area contributed by atoms with E-state index in [0.717, 1.165) is 22.0 Å². The number of benzene rings is 2. The predicted molar refractivity (Wildman–Crippen MR) is 96.0 cm³/mol. The molecule has 2 aromatic heterocycles. The Morgan fingerprint density at radius 3 is 2.79 bits per heavy atom. The zero-order chi connectivity index (χ0) is 16.4. The molecule has 0 radical (unpaired) electrons. The minimum absolute atomic E-state index is 0.469. The van der Waals surface area contributed by atoms with Gasteiger partial charge in [0.05, 0.1) is 5.52 Å². The molecule has 0 bridgehead atoms. The quantitative estimate of drug-likeness (QED) is 0.470. The standard InChI is InChI=1S/C18H12ClN3OS/c19-15-8-2-5-13(10-15)17-21-22-18(23-17)24-11-14-6-1-4-12-7-3-9-20-16(12)14/h1-10H,11H2. The SMILES string of the molecule is Clc1cccc(-c2nnc(SCc3cccc4cccnc34)o2)c1. The van der Waals surface area contributed by atoms with E-state index in [1.165, 1.54) is 11.8 Å². The van der Waals surface area contributed by atoms with Crippen molar-refractivity contribution in [2.75, 3.05) is 0 Å². The van der Waals surface area contributed by atoms with Gasteiger partial charge in [-0.2, -0.15) is 0 Å². The van der Waals surface area contributed by atoms with E-state index >= 15 is 0 Å². The molecule has 0 N–H and O–H groups in total. The van der Waals surface area contributed by atoms with Gasteiger partial charge in [-0.1, -0.05) is 53.7 Å². The molecule has 0 amide bonds. The van der Waals surface area contributed by atoms with E-state index in [1.807, 2.05) is 30.3 Å². The molecule has 0 aliphatic heterocycles. The van der Waals surface area contributed by atoms with Crippen LogP contribution in [0.4, 0.5) is 0 Å². The lowest BCUT2D eigenvalue weighted by Gasteiger charge is -2.03. The van der Waals surface area contributed by atoms with E-state index in [2.05, 4.69) is 33.4 Å². The molecular weight excluding hydrogens is 342 g/mol. The van der Waals surface area contributed by atoms with E-state index in [1.54, 1.807) is 12.3 Å². The topological polar surface area (TPSA) is 51.8 Å². The summed E-state index contributed by atoms with van der Waals surface area (Å²) in [4.78, 5) is 4.46. The van der Waals surface area contributed by atoms with Crippen molar-refractivity contribution < 1.29 is 4.42 Å². The highest BCUT2D eigenvalue weighted by molar-refractivity contribution is 7.98. The normalized spacial score (nSPS) is 11.0. The van der Waals surface area contributed by atoms with Gasteiger partial charge in [0.15, 0.2) is 0 Å². The highest BCUT2D eigenvalue weighted by atomic mass is 35.5. The molecule has 6 heteroatoms. The Hall–Kier alpha value is -2.37. The summed E-state index contributed by atoms with van der Waals surface area (Å²) in [6, 6.07) is 17.5. The second-order valence-electron chi connectivity index (χ2n) is 5.16. The average molecular weight is 354 g/mol. The maximum Gasteiger partial charge on any atom is 0.277 e. The van der Waals surface area contributed by atoms with Gasteiger partial charge in [0.2, 0.25) is 5.89 Å². The van der Waals surface area contributed by atoms with Gasteiger partial charge in [0.25, 0.3) is 5.22 Å². The Bertz CT molecular complexity index is 997. The van der Waals surface area contributed by atoms with Crippen molar-refractivity contribution in [1.82, 2.24) is 15.2 Å². The van der Waals surface area contributed by atoms with Gasteiger partial charge in [-0.05, 0) is 29.8 Å². The van der Waals surface area contributed by atoms with Gasteiger partial charge >= 0.3 is 0 Å². The van der Waals surface area contributed by atoms with Crippen LogP contribution in [0, 0.1) is 0 Å². The van der Waals surface area contributed by atoms with Gasteiger partial charge in [0.1, 0.15) is 0 Å². The Labute approximate surface area is 147 Å². The summed E-state index contributed by atoms with van der Waals surface area (Å²) < 4.78 is 5.72. The maximum absolute atomic E-state index is 6.00. The molecule has 0 saturated heterocycles. The average Bonchev–Trinajstić information content (AvgIpc) is 3.09. The summed E-state index contributed by atoms with van der Waals surface area (Å²) in [5.41, 5.74) is 2.95. The van der Waals surface area contributed by atoms with Gasteiger partial charge in [-0.3, -0.25) is 4.98 Å². The van der Waals surface area contributed by atoms with Crippen molar-refractivity contribution in [1.29, 1.82) is 0 Å². The van der Waals surface area contributed by atoms with Crippen molar-refractivity contribution in [2.45, 2.75) is 11.0 Å². The lowest BCUT2D eigenvalue weighted by Crippen LogP contribution is -1.86. The van der Waals surface area contributed by atoms with Crippen LogP contribution in [0.1, 0.15) is 5.56 Å². The molecule has 24 heavy (non-hydrogen) atoms. The number of rotatable bonds is 4. The lowest BCUT2D eigenvalue weighted by atomic mass is 10.1. The lowest BCUT2D eigenvalue weighted by molar-refractivity contribution is 0.466. The first kappa shape index (κ1) is 15.2. The first-order valence-corrected chi connectivity index (χ1v) is 8.71. The van der Waals surface area contributed by atoms with E-state index in [4.69, 9.17) is 16.0 Å².